The fourth-order valence-corrected chi connectivity index (χ4v) is 3.28. The van der Waals surface area contributed by atoms with Crippen molar-refractivity contribution >= 4 is 0 Å². The van der Waals surface area contributed by atoms with Gasteiger partial charge in [-0.3, -0.25) is 0 Å². The van der Waals surface area contributed by atoms with E-state index in [-0.39, 0.29) is 0 Å². The first-order chi connectivity index (χ1) is 6.58. The summed E-state index contributed by atoms with van der Waals surface area (Å²) in [5.41, 5.74) is 0. The van der Waals surface area contributed by atoms with Crippen molar-refractivity contribution in [2.75, 3.05) is 0 Å². The molecule has 0 saturated heterocycles. The molecule has 0 unspecified atom stereocenters. The van der Waals surface area contributed by atoms with Gasteiger partial charge in [-0.15, -0.1) is 0 Å². The fourth-order valence-electron chi connectivity index (χ4n) is 3.28. The highest BCUT2D eigenvalue weighted by Crippen LogP contribution is 2.52. The largest absolute Gasteiger partial charge is 0.0625 e. The van der Waals surface area contributed by atoms with Gasteiger partial charge in [0.25, 0.3) is 0 Å². The Kier molecular flexibility index (Phi) is 2.91. The van der Waals surface area contributed by atoms with Crippen LogP contribution in [0.3, 0.4) is 0 Å². The van der Waals surface area contributed by atoms with E-state index in [1.165, 1.54) is 0 Å². The SMILES string of the molecule is CC(C)C1CC(C2CC(C(C)C)C2)C1. The van der Waals surface area contributed by atoms with Crippen LogP contribution >= 0.6 is 0 Å². The van der Waals surface area contributed by atoms with E-state index >= 15 is 0 Å². The highest BCUT2D eigenvalue weighted by molar-refractivity contribution is 4.92. The Balaban J connectivity index is 1.66. The van der Waals surface area contributed by atoms with Gasteiger partial charge in [-0.1, -0.05) is 27.7 Å². The van der Waals surface area contributed by atoms with Crippen molar-refractivity contribution in [2.24, 2.45) is 35.5 Å². The van der Waals surface area contributed by atoms with Crippen molar-refractivity contribution in [1.82, 2.24) is 0 Å². The summed E-state index contributed by atoms with van der Waals surface area (Å²) in [6.45, 7) is 9.55. The van der Waals surface area contributed by atoms with Crippen molar-refractivity contribution < 1.29 is 0 Å². The third-order valence-corrected chi connectivity index (χ3v) is 4.97. The molecule has 0 aromatic heterocycles. The zero-order valence-corrected chi connectivity index (χ0v) is 10.3. The zero-order chi connectivity index (χ0) is 10.3. The Morgan fingerprint density at radius 1 is 0.643 bits per heavy atom. The molecule has 14 heavy (non-hydrogen) atoms. The number of hydrogen-bond acceptors (Lipinski definition) is 0. The van der Waals surface area contributed by atoms with Crippen LogP contribution in [-0.4, -0.2) is 0 Å². The molecule has 0 bridgehead atoms. The van der Waals surface area contributed by atoms with E-state index in [9.17, 15) is 0 Å². The minimum atomic E-state index is 0.937. The third kappa shape index (κ3) is 1.85. The standard InChI is InChI=1S/C14H26/c1-9(2)11-5-13(6-11)14-7-12(8-14)10(3)4/h9-14H,5-8H2,1-4H3. The van der Waals surface area contributed by atoms with Crippen molar-refractivity contribution in [3.05, 3.63) is 0 Å². The van der Waals surface area contributed by atoms with Gasteiger partial charge in [0.05, 0.1) is 0 Å². The van der Waals surface area contributed by atoms with Crippen LogP contribution in [0.2, 0.25) is 0 Å². The Hall–Kier alpha value is 0. The fraction of sp³-hybridized carbons (Fsp3) is 1.00. The van der Waals surface area contributed by atoms with Gasteiger partial charge < -0.3 is 0 Å². The van der Waals surface area contributed by atoms with Crippen molar-refractivity contribution in [3.8, 4) is 0 Å². The van der Waals surface area contributed by atoms with Crippen LogP contribution in [-0.2, 0) is 0 Å². The first-order valence-electron chi connectivity index (χ1n) is 6.58. The van der Waals surface area contributed by atoms with Gasteiger partial charge in [0, 0.05) is 0 Å². The molecule has 2 fully saturated rings. The summed E-state index contributed by atoms with van der Waals surface area (Å²) in [5, 5.41) is 0. The highest BCUT2D eigenvalue weighted by atomic mass is 14.5. The van der Waals surface area contributed by atoms with Crippen LogP contribution < -0.4 is 0 Å². The summed E-state index contributed by atoms with van der Waals surface area (Å²) in [6, 6.07) is 0. The lowest BCUT2D eigenvalue weighted by Crippen LogP contribution is -2.40. The van der Waals surface area contributed by atoms with E-state index < -0.39 is 0 Å². The first kappa shape index (κ1) is 10.5. The van der Waals surface area contributed by atoms with Gasteiger partial charge in [0.2, 0.25) is 0 Å². The Morgan fingerprint density at radius 2 is 0.929 bits per heavy atom. The maximum atomic E-state index is 2.39. The molecule has 0 atom stereocenters. The van der Waals surface area contributed by atoms with E-state index in [4.69, 9.17) is 0 Å². The van der Waals surface area contributed by atoms with Crippen LogP contribution in [0.4, 0.5) is 0 Å². The van der Waals surface area contributed by atoms with Crippen LogP contribution in [0.15, 0.2) is 0 Å². The van der Waals surface area contributed by atoms with Gasteiger partial charge in [0.1, 0.15) is 0 Å². The lowest BCUT2D eigenvalue weighted by molar-refractivity contribution is 0.00459. The maximum absolute atomic E-state index is 2.39. The molecule has 0 aromatic rings. The first-order valence-corrected chi connectivity index (χ1v) is 6.58. The van der Waals surface area contributed by atoms with Crippen LogP contribution in [0.5, 0.6) is 0 Å². The molecular formula is C14H26. The number of hydrogen-bond donors (Lipinski definition) is 0. The summed E-state index contributed by atoms with van der Waals surface area (Å²) < 4.78 is 0. The molecule has 0 aliphatic heterocycles. The molecule has 2 aliphatic carbocycles. The molecule has 0 heteroatoms. The molecule has 0 aromatic carbocycles. The molecule has 0 N–H and O–H groups in total. The molecule has 0 radical (unpaired) electrons. The molecule has 0 heterocycles. The summed E-state index contributed by atoms with van der Waals surface area (Å²) in [4.78, 5) is 0. The van der Waals surface area contributed by atoms with Gasteiger partial charge in [-0.25, -0.2) is 0 Å². The van der Waals surface area contributed by atoms with E-state index in [0.29, 0.717) is 0 Å². The average Bonchev–Trinajstić information content (AvgIpc) is 1.88. The van der Waals surface area contributed by atoms with Crippen molar-refractivity contribution in [2.45, 2.75) is 53.4 Å². The highest BCUT2D eigenvalue weighted by Gasteiger charge is 2.42. The molecule has 82 valence electrons. The van der Waals surface area contributed by atoms with Gasteiger partial charge in [-0.2, -0.15) is 0 Å². The quantitative estimate of drug-likeness (QED) is 0.626. The van der Waals surface area contributed by atoms with E-state index in [2.05, 4.69) is 27.7 Å². The molecule has 2 saturated carbocycles. The lowest BCUT2D eigenvalue weighted by atomic mass is 9.56. The van der Waals surface area contributed by atoms with Crippen LogP contribution in [0.25, 0.3) is 0 Å². The van der Waals surface area contributed by atoms with Gasteiger partial charge in [-0.05, 0) is 61.2 Å². The predicted octanol–water partition coefficient (Wildman–Crippen LogP) is 4.35. The summed E-state index contributed by atoms with van der Waals surface area (Å²) >= 11 is 0. The zero-order valence-electron chi connectivity index (χ0n) is 10.3. The predicted molar refractivity (Wildman–Crippen MR) is 62.1 cm³/mol. The second-order valence-corrected chi connectivity index (χ2v) is 6.47. The Morgan fingerprint density at radius 3 is 1.14 bits per heavy atom. The normalized spacial score (nSPS) is 42.4. The second kappa shape index (κ2) is 3.87. The summed E-state index contributed by atoms with van der Waals surface area (Å²) in [6.07, 6.45) is 6.20. The smallest absolute Gasteiger partial charge is 0.0380 e. The minimum Gasteiger partial charge on any atom is -0.0625 e. The number of rotatable bonds is 3. The molecule has 0 spiro atoms. The summed E-state index contributed by atoms with van der Waals surface area (Å²) in [7, 11) is 0. The Labute approximate surface area is 89.5 Å². The van der Waals surface area contributed by atoms with E-state index in [0.717, 1.165) is 35.5 Å². The van der Waals surface area contributed by atoms with Gasteiger partial charge in [0.15, 0.2) is 0 Å². The topological polar surface area (TPSA) is 0 Å². The molecule has 0 nitrogen and oxygen atoms in total. The minimum absolute atomic E-state index is 0.937. The maximum Gasteiger partial charge on any atom is -0.0380 e. The molecule has 2 aliphatic rings. The monoisotopic (exact) mass is 194 g/mol. The average molecular weight is 194 g/mol. The molecule has 0 amide bonds. The van der Waals surface area contributed by atoms with E-state index in [1.54, 1.807) is 25.7 Å². The van der Waals surface area contributed by atoms with Crippen LogP contribution in [0, 0.1) is 35.5 Å². The second-order valence-electron chi connectivity index (χ2n) is 6.47. The van der Waals surface area contributed by atoms with Crippen molar-refractivity contribution in [3.63, 3.8) is 0 Å². The lowest BCUT2D eigenvalue weighted by Gasteiger charge is -2.50. The van der Waals surface area contributed by atoms with Crippen LogP contribution in [0.1, 0.15) is 53.4 Å². The molecular weight excluding hydrogens is 168 g/mol. The Bertz CT molecular complexity index is 158. The van der Waals surface area contributed by atoms with E-state index in [1.807, 2.05) is 0 Å². The summed E-state index contributed by atoms with van der Waals surface area (Å²) in [5.74, 6) is 6.26. The van der Waals surface area contributed by atoms with Gasteiger partial charge >= 0.3 is 0 Å². The molecule has 2 rings (SSSR count). The van der Waals surface area contributed by atoms with Crippen molar-refractivity contribution in [1.29, 1.82) is 0 Å². The third-order valence-electron chi connectivity index (χ3n) is 4.97.